The van der Waals surface area contributed by atoms with Crippen molar-refractivity contribution in [3.05, 3.63) is 29.3 Å². The van der Waals surface area contributed by atoms with Gasteiger partial charge < -0.3 is 0 Å². The first-order valence-corrected chi connectivity index (χ1v) is 7.65. The molecule has 6 heteroatoms. The molecule has 0 atom stereocenters. The summed E-state index contributed by atoms with van der Waals surface area (Å²) in [4.78, 5) is 4.20. The molecule has 0 aliphatic carbocycles. The molecule has 0 spiro atoms. The number of thiazole rings is 1. The SMILES string of the molecule is O=S(=O)(Cl)CCc1cccc2scnc12. The monoisotopic (exact) mass is 261 g/mol. The fourth-order valence-corrected chi connectivity index (χ4v) is 2.80. The van der Waals surface area contributed by atoms with E-state index < -0.39 is 9.05 Å². The van der Waals surface area contributed by atoms with E-state index in [-0.39, 0.29) is 5.75 Å². The van der Waals surface area contributed by atoms with Gasteiger partial charge in [0, 0.05) is 10.7 Å². The molecule has 0 fully saturated rings. The molecule has 2 aromatic rings. The van der Waals surface area contributed by atoms with Crippen molar-refractivity contribution in [2.45, 2.75) is 6.42 Å². The van der Waals surface area contributed by atoms with Crippen LogP contribution in [0.2, 0.25) is 0 Å². The zero-order valence-electron chi connectivity index (χ0n) is 7.68. The van der Waals surface area contributed by atoms with E-state index in [1.807, 2.05) is 18.2 Å². The summed E-state index contributed by atoms with van der Waals surface area (Å²) in [6, 6.07) is 5.74. The number of hydrogen-bond acceptors (Lipinski definition) is 4. The molecule has 0 saturated heterocycles. The zero-order chi connectivity index (χ0) is 10.9. The molecule has 0 N–H and O–H groups in total. The average Bonchev–Trinajstić information content (AvgIpc) is 2.61. The van der Waals surface area contributed by atoms with Crippen molar-refractivity contribution in [3.8, 4) is 0 Å². The summed E-state index contributed by atoms with van der Waals surface area (Å²) in [6.07, 6.45) is 0.410. The van der Waals surface area contributed by atoms with Crippen molar-refractivity contribution >= 4 is 41.3 Å². The number of hydrogen-bond donors (Lipinski definition) is 0. The number of halogens is 1. The number of para-hydroxylation sites is 1. The first-order valence-electron chi connectivity index (χ1n) is 4.30. The van der Waals surface area contributed by atoms with Crippen molar-refractivity contribution in [1.29, 1.82) is 0 Å². The Kier molecular flexibility index (Phi) is 2.95. The normalized spacial score (nSPS) is 12.1. The Balaban J connectivity index is 2.32. The van der Waals surface area contributed by atoms with Crippen LogP contribution >= 0.6 is 22.0 Å². The van der Waals surface area contributed by atoms with E-state index in [4.69, 9.17) is 10.7 Å². The molecule has 1 heterocycles. The molecule has 80 valence electrons. The molecule has 2 rings (SSSR count). The highest BCUT2D eigenvalue weighted by Gasteiger charge is 2.08. The van der Waals surface area contributed by atoms with Gasteiger partial charge in [-0.1, -0.05) is 12.1 Å². The second-order valence-corrected chi connectivity index (χ2v) is 6.89. The van der Waals surface area contributed by atoms with Crippen LogP contribution < -0.4 is 0 Å². The highest BCUT2D eigenvalue weighted by molar-refractivity contribution is 8.13. The van der Waals surface area contributed by atoms with Gasteiger partial charge in [0.1, 0.15) is 0 Å². The number of rotatable bonds is 3. The summed E-state index contributed by atoms with van der Waals surface area (Å²) in [6.45, 7) is 0. The lowest BCUT2D eigenvalue weighted by Gasteiger charge is -1.99. The van der Waals surface area contributed by atoms with E-state index in [1.165, 1.54) is 0 Å². The largest absolute Gasteiger partial charge is 0.244 e. The third-order valence-electron chi connectivity index (χ3n) is 2.06. The summed E-state index contributed by atoms with van der Waals surface area (Å²) in [5, 5.41) is 0. The predicted octanol–water partition coefficient (Wildman–Crippen LogP) is 2.41. The van der Waals surface area contributed by atoms with Gasteiger partial charge in [0.2, 0.25) is 9.05 Å². The third kappa shape index (κ3) is 2.68. The summed E-state index contributed by atoms with van der Waals surface area (Å²) in [7, 11) is 1.74. The highest BCUT2D eigenvalue weighted by atomic mass is 35.7. The molecule has 1 aromatic heterocycles. The van der Waals surface area contributed by atoms with E-state index in [0.29, 0.717) is 6.42 Å². The van der Waals surface area contributed by atoms with E-state index in [2.05, 4.69) is 4.98 Å². The highest BCUT2D eigenvalue weighted by Crippen LogP contribution is 2.21. The quantitative estimate of drug-likeness (QED) is 0.797. The summed E-state index contributed by atoms with van der Waals surface area (Å²) >= 11 is 1.54. The van der Waals surface area contributed by atoms with Gasteiger partial charge in [-0.25, -0.2) is 13.4 Å². The molecule has 15 heavy (non-hydrogen) atoms. The molecular weight excluding hydrogens is 254 g/mol. The maximum Gasteiger partial charge on any atom is 0.232 e. The minimum Gasteiger partial charge on any atom is -0.244 e. The molecule has 0 radical (unpaired) electrons. The van der Waals surface area contributed by atoms with Crippen LogP contribution in [-0.4, -0.2) is 19.2 Å². The summed E-state index contributed by atoms with van der Waals surface area (Å²) < 4.78 is 22.7. The first-order chi connectivity index (χ1) is 7.06. The smallest absolute Gasteiger partial charge is 0.232 e. The van der Waals surface area contributed by atoms with Crippen LogP contribution in [-0.2, 0) is 15.5 Å². The van der Waals surface area contributed by atoms with Crippen LogP contribution in [0, 0.1) is 0 Å². The van der Waals surface area contributed by atoms with Crippen molar-refractivity contribution < 1.29 is 8.42 Å². The molecule has 3 nitrogen and oxygen atoms in total. The van der Waals surface area contributed by atoms with Crippen molar-refractivity contribution in [2.75, 3.05) is 5.75 Å². The Bertz CT molecular complexity index is 577. The van der Waals surface area contributed by atoms with Gasteiger partial charge >= 0.3 is 0 Å². The number of nitrogens with zero attached hydrogens (tertiary/aromatic N) is 1. The predicted molar refractivity (Wildman–Crippen MR) is 63.0 cm³/mol. The Morgan fingerprint density at radius 1 is 1.40 bits per heavy atom. The van der Waals surface area contributed by atoms with Crippen molar-refractivity contribution in [2.24, 2.45) is 0 Å². The fourth-order valence-electron chi connectivity index (χ4n) is 1.38. The van der Waals surface area contributed by atoms with Gasteiger partial charge in [0.25, 0.3) is 0 Å². The minimum absolute atomic E-state index is 0.0504. The van der Waals surface area contributed by atoms with Gasteiger partial charge in [0.05, 0.1) is 21.5 Å². The lowest BCUT2D eigenvalue weighted by Crippen LogP contribution is -2.01. The van der Waals surface area contributed by atoms with Crippen LogP contribution in [0.1, 0.15) is 5.56 Å². The average molecular weight is 262 g/mol. The van der Waals surface area contributed by atoms with Gasteiger partial charge in [-0.15, -0.1) is 11.3 Å². The second kappa shape index (κ2) is 4.08. The molecule has 0 unspecified atom stereocenters. The van der Waals surface area contributed by atoms with Gasteiger partial charge in [-0.3, -0.25) is 0 Å². The summed E-state index contributed by atoms with van der Waals surface area (Å²) in [5.41, 5.74) is 3.56. The van der Waals surface area contributed by atoms with Gasteiger partial charge in [-0.05, 0) is 18.1 Å². The third-order valence-corrected chi connectivity index (χ3v) is 4.01. The van der Waals surface area contributed by atoms with Crippen LogP contribution in [0.15, 0.2) is 23.7 Å². The van der Waals surface area contributed by atoms with E-state index in [9.17, 15) is 8.42 Å². The van der Waals surface area contributed by atoms with Crippen LogP contribution in [0.5, 0.6) is 0 Å². The van der Waals surface area contributed by atoms with Crippen molar-refractivity contribution in [3.63, 3.8) is 0 Å². The Hall–Kier alpha value is -0.650. The Morgan fingerprint density at radius 2 is 2.20 bits per heavy atom. The number of benzene rings is 1. The molecule has 1 aromatic carbocycles. The fraction of sp³-hybridized carbons (Fsp3) is 0.222. The minimum atomic E-state index is -3.43. The lowest BCUT2D eigenvalue weighted by molar-refractivity contribution is 0.609. The standard InChI is InChI=1S/C9H8ClNO2S2/c10-15(12,13)5-4-7-2-1-3-8-9(7)11-6-14-8/h1-3,6H,4-5H2. The topological polar surface area (TPSA) is 47.0 Å². The molecule has 0 bridgehead atoms. The molecule has 0 saturated carbocycles. The van der Waals surface area contributed by atoms with Gasteiger partial charge in [0.15, 0.2) is 0 Å². The Labute approximate surface area is 96.1 Å². The maximum atomic E-state index is 10.8. The molecule has 0 aliphatic rings. The molecule has 0 aliphatic heterocycles. The van der Waals surface area contributed by atoms with E-state index in [1.54, 1.807) is 16.8 Å². The van der Waals surface area contributed by atoms with E-state index >= 15 is 0 Å². The molecular formula is C9H8ClNO2S2. The number of fused-ring (bicyclic) bond motifs is 1. The van der Waals surface area contributed by atoms with Crippen LogP contribution in [0.3, 0.4) is 0 Å². The van der Waals surface area contributed by atoms with Crippen LogP contribution in [0.4, 0.5) is 0 Å². The zero-order valence-corrected chi connectivity index (χ0v) is 10.1. The van der Waals surface area contributed by atoms with Gasteiger partial charge in [-0.2, -0.15) is 0 Å². The molecule has 0 amide bonds. The summed E-state index contributed by atoms with van der Waals surface area (Å²) in [5.74, 6) is -0.0504. The van der Waals surface area contributed by atoms with Crippen molar-refractivity contribution in [1.82, 2.24) is 4.98 Å². The second-order valence-electron chi connectivity index (χ2n) is 3.11. The number of aryl methyl sites for hydroxylation is 1. The first kappa shape index (κ1) is 10.9. The lowest BCUT2D eigenvalue weighted by atomic mass is 10.1. The number of aromatic nitrogens is 1. The van der Waals surface area contributed by atoms with Crippen LogP contribution in [0.25, 0.3) is 10.2 Å². The Morgan fingerprint density at radius 3 is 2.93 bits per heavy atom. The maximum absolute atomic E-state index is 10.8. The van der Waals surface area contributed by atoms with E-state index in [0.717, 1.165) is 15.8 Å².